The number of hydrogen-bond acceptors (Lipinski definition) is 6. The number of thiocarbonyl (C=S) groups is 1. The van der Waals surface area contributed by atoms with Crippen molar-refractivity contribution in [1.82, 2.24) is 10.3 Å². The van der Waals surface area contributed by atoms with E-state index in [-0.39, 0.29) is 5.11 Å². The standard InChI is InChI=1S/C31H25Cl2N3O4S/c1-17(2)18-7-12-27-24(15-18)34-30(40-27)19-8-11-26(38-3)23(16-19)35-31(41)36-28(37)14-10-20-9-13-25(39-20)21-5-4-6-22(32)29(21)33/h4-17H,1-3H3,(H2,35,36,37,41). The Kier molecular flexibility index (Phi) is 8.44. The Hall–Kier alpha value is -4.11. The molecule has 5 rings (SSSR count). The minimum absolute atomic E-state index is 0.0834. The number of carbonyl (C=O) groups is 1. The van der Waals surface area contributed by atoms with Gasteiger partial charge in [0.1, 0.15) is 22.8 Å². The van der Waals surface area contributed by atoms with Crippen LogP contribution in [0.25, 0.3) is 40.0 Å². The maximum absolute atomic E-state index is 12.5. The number of fused-ring (bicyclic) bond motifs is 1. The highest BCUT2D eigenvalue weighted by molar-refractivity contribution is 7.80. The molecule has 0 radical (unpaired) electrons. The highest BCUT2D eigenvalue weighted by Crippen LogP contribution is 2.35. The molecule has 0 unspecified atom stereocenters. The van der Waals surface area contributed by atoms with E-state index in [1.807, 2.05) is 24.3 Å². The average Bonchev–Trinajstić information content (AvgIpc) is 3.60. The molecule has 2 heterocycles. The smallest absolute Gasteiger partial charge is 0.250 e. The van der Waals surface area contributed by atoms with E-state index in [0.717, 1.165) is 11.1 Å². The van der Waals surface area contributed by atoms with Gasteiger partial charge in [-0.25, -0.2) is 4.98 Å². The van der Waals surface area contributed by atoms with Gasteiger partial charge in [0.2, 0.25) is 11.8 Å². The van der Waals surface area contributed by atoms with E-state index >= 15 is 0 Å². The van der Waals surface area contributed by atoms with Crippen LogP contribution in [-0.2, 0) is 4.79 Å². The van der Waals surface area contributed by atoms with Gasteiger partial charge in [0.25, 0.3) is 0 Å². The number of rotatable bonds is 7. The minimum Gasteiger partial charge on any atom is -0.495 e. The fraction of sp³-hybridized carbons (Fsp3) is 0.129. The number of benzene rings is 3. The number of hydrogen-bond donors (Lipinski definition) is 2. The number of ether oxygens (including phenoxy) is 1. The Balaban J connectivity index is 1.27. The third-order valence-electron chi connectivity index (χ3n) is 6.25. The van der Waals surface area contributed by atoms with E-state index in [1.165, 1.54) is 17.7 Å². The molecule has 0 atom stereocenters. The van der Waals surface area contributed by atoms with Crippen LogP contribution in [0.5, 0.6) is 5.75 Å². The van der Waals surface area contributed by atoms with E-state index in [2.05, 4.69) is 29.5 Å². The second kappa shape index (κ2) is 12.2. The summed E-state index contributed by atoms with van der Waals surface area (Å²) in [5.41, 5.74) is 4.58. The van der Waals surface area contributed by atoms with Crippen molar-refractivity contribution in [1.29, 1.82) is 0 Å². The summed E-state index contributed by atoms with van der Waals surface area (Å²) in [4.78, 5) is 17.2. The third-order valence-corrected chi connectivity index (χ3v) is 7.28. The van der Waals surface area contributed by atoms with Crippen molar-refractivity contribution < 1.29 is 18.4 Å². The Morgan fingerprint density at radius 1 is 1.05 bits per heavy atom. The number of aromatic nitrogens is 1. The van der Waals surface area contributed by atoms with Gasteiger partial charge in [-0.15, -0.1) is 0 Å². The maximum atomic E-state index is 12.5. The minimum atomic E-state index is -0.448. The topological polar surface area (TPSA) is 89.5 Å². The summed E-state index contributed by atoms with van der Waals surface area (Å²) in [5, 5.41) is 6.54. The molecular weight excluding hydrogens is 581 g/mol. The largest absolute Gasteiger partial charge is 0.495 e. The zero-order chi connectivity index (χ0) is 29.1. The van der Waals surface area contributed by atoms with Crippen LogP contribution < -0.4 is 15.4 Å². The quantitative estimate of drug-likeness (QED) is 0.141. The average molecular weight is 607 g/mol. The molecule has 0 aliphatic rings. The first-order valence-corrected chi connectivity index (χ1v) is 13.8. The van der Waals surface area contributed by atoms with Crippen molar-refractivity contribution in [3.8, 4) is 28.5 Å². The molecule has 7 nitrogen and oxygen atoms in total. The molecule has 41 heavy (non-hydrogen) atoms. The van der Waals surface area contributed by atoms with Crippen molar-refractivity contribution in [2.75, 3.05) is 12.4 Å². The van der Waals surface area contributed by atoms with Gasteiger partial charge in [-0.3, -0.25) is 10.1 Å². The van der Waals surface area contributed by atoms with Gasteiger partial charge in [-0.2, -0.15) is 0 Å². The van der Waals surface area contributed by atoms with Crippen LogP contribution in [0.3, 0.4) is 0 Å². The van der Waals surface area contributed by atoms with Gasteiger partial charge >= 0.3 is 0 Å². The Bertz CT molecular complexity index is 1790. The van der Waals surface area contributed by atoms with Crippen molar-refractivity contribution in [2.45, 2.75) is 19.8 Å². The SMILES string of the molecule is COc1ccc(-c2nc3cc(C(C)C)ccc3o2)cc1NC(=S)NC(=O)C=Cc1ccc(-c2cccc(Cl)c2Cl)o1. The Morgan fingerprint density at radius 3 is 2.66 bits per heavy atom. The van der Waals surface area contributed by atoms with Crippen molar-refractivity contribution >= 4 is 69.3 Å². The van der Waals surface area contributed by atoms with Gasteiger partial charge in [-0.05, 0) is 84.4 Å². The molecule has 1 amide bonds. The number of anilines is 1. The lowest BCUT2D eigenvalue weighted by Crippen LogP contribution is -2.32. The van der Waals surface area contributed by atoms with Gasteiger partial charge in [0.15, 0.2) is 10.7 Å². The zero-order valence-electron chi connectivity index (χ0n) is 22.3. The fourth-order valence-electron chi connectivity index (χ4n) is 4.11. The molecule has 2 N–H and O–H groups in total. The lowest BCUT2D eigenvalue weighted by Gasteiger charge is -2.13. The molecule has 208 valence electrons. The highest BCUT2D eigenvalue weighted by atomic mass is 35.5. The highest BCUT2D eigenvalue weighted by Gasteiger charge is 2.15. The van der Waals surface area contributed by atoms with Crippen LogP contribution in [0.2, 0.25) is 10.0 Å². The molecule has 0 aliphatic carbocycles. The Morgan fingerprint density at radius 2 is 1.88 bits per heavy atom. The number of amides is 1. The molecule has 5 aromatic rings. The maximum Gasteiger partial charge on any atom is 0.250 e. The molecular formula is C31H25Cl2N3O4S. The number of halogens is 2. The van der Waals surface area contributed by atoms with Gasteiger partial charge in [0, 0.05) is 17.2 Å². The molecule has 0 saturated carbocycles. The molecule has 0 bridgehead atoms. The number of nitrogens with one attached hydrogen (secondary N) is 2. The summed E-state index contributed by atoms with van der Waals surface area (Å²) in [5.74, 6) is 1.91. The monoisotopic (exact) mass is 605 g/mol. The lowest BCUT2D eigenvalue weighted by atomic mass is 10.0. The number of oxazole rings is 1. The van der Waals surface area contributed by atoms with Crippen molar-refractivity contribution in [2.24, 2.45) is 0 Å². The lowest BCUT2D eigenvalue weighted by molar-refractivity contribution is -0.115. The van der Waals surface area contributed by atoms with E-state index < -0.39 is 5.91 Å². The summed E-state index contributed by atoms with van der Waals surface area (Å²) < 4.78 is 17.3. The predicted molar refractivity (Wildman–Crippen MR) is 168 cm³/mol. The normalized spacial score (nSPS) is 11.4. The molecule has 10 heteroatoms. The van der Waals surface area contributed by atoms with E-state index in [1.54, 1.807) is 49.6 Å². The van der Waals surface area contributed by atoms with Crippen molar-refractivity contribution in [3.63, 3.8) is 0 Å². The number of nitrogens with zero attached hydrogens (tertiary/aromatic N) is 1. The van der Waals surface area contributed by atoms with Gasteiger partial charge in [0.05, 0.1) is 22.8 Å². The van der Waals surface area contributed by atoms with Crippen LogP contribution in [0.1, 0.15) is 31.1 Å². The van der Waals surface area contributed by atoms with Crippen molar-refractivity contribution in [3.05, 3.63) is 94.2 Å². The molecule has 3 aromatic carbocycles. The van der Waals surface area contributed by atoms with Crippen LogP contribution in [0.15, 0.2) is 81.6 Å². The molecule has 0 saturated heterocycles. The summed E-state index contributed by atoms with van der Waals surface area (Å²) in [7, 11) is 1.55. The third kappa shape index (κ3) is 6.46. The van der Waals surface area contributed by atoms with E-state index in [9.17, 15) is 4.79 Å². The van der Waals surface area contributed by atoms with Gasteiger partial charge < -0.3 is 18.9 Å². The first kappa shape index (κ1) is 28.4. The summed E-state index contributed by atoms with van der Waals surface area (Å²) in [6, 6.07) is 20.2. The second-order valence-electron chi connectivity index (χ2n) is 9.40. The fourth-order valence-corrected chi connectivity index (χ4v) is 4.72. The summed E-state index contributed by atoms with van der Waals surface area (Å²) >= 11 is 17.7. The number of methoxy groups -OCH3 is 1. The van der Waals surface area contributed by atoms with Crippen LogP contribution in [0.4, 0.5) is 5.69 Å². The van der Waals surface area contributed by atoms with E-state index in [4.69, 9.17) is 49.0 Å². The molecule has 0 fully saturated rings. The number of carbonyl (C=O) groups excluding carboxylic acids is 1. The van der Waals surface area contributed by atoms with Crippen LogP contribution >= 0.6 is 35.4 Å². The summed E-state index contributed by atoms with van der Waals surface area (Å²) in [6.07, 6.45) is 2.84. The zero-order valence-corrected chi connectivity index (χ0v) is 24.7. The van der Waals surface area contributed by atoms with Gasteiger partial charge in [-0.1, -0.05) is 49.2 Å². The van der Waals surface area contributed by atoms with Crippen LogP contribution in [0, 0.1) is 0 Å². The first-order valence-electron chi connectivity index (χ1n) is 12.6. The van der Waals surface area contributed by atoms with E-state index in [0.29, 0.717) is 56.0 Å². The van der Waals surface area contributed by atoms with Crippen LogP contribution in [-0.4, -0.2) is 23.1 Å². The number of furan rings is 1. The molecule has 0 aliphatic heterocycles. The Labute approximate surface area is 252 Å². The molecule has 0 spiro atoms. The molecule has 2 aromatic heterocycles. The predicted octanol–water partition coefficient (Wildman–Crippen LogP) is 8.72. The summed E-state index contributed by atoms with van der Waals surface area (Å²) in [6.45, 7) is 4.26. The second-order valence-corrected chi connectivity index (χ2v) is 10.6. The first-order chi connectivity index (χ1) is 19.7.